The van der Waals surface area contributed by atoms with Crippen LogP contribution in [0.15, 0.2) is 6.20 Å². The summed E-state index contributed by atoms with van der Waals surface area (Å²) < 4.78 is 1.83. The van der Waals surface area contributed by atoms with Gasteiger partial charge in [0.05, 0.1) is 11.6 Å². The number of hydrogen-bond donors (Lipinski definition) is 0. The smallest absolute Gasteiger partial charge is 0.163 e. The Morgan fingerprint density at radius 2 is 2.19 bits per heavy atom. The fourth-order valence-electron chi connectivity index (χ4n) is 3.10. The van der Waals surface area contributed by atoms with Crippen molar-refractivity contribution in [2.75, 3.05) is 38.1 Å². The maximum atomic E-state index is 4.68. The van der Waals surface area contributed by atoms with Crippen LogP contribution in [0.3, 0.4) is 0 Å². The number of hydrogen-bond acceptors (Lipinski definition) is 5. The summed E-state index contributed by atoms with van der Waals surface area (Å²) in [4.78, 5) is 14.0. The van der Waals surface area contributed by atoms with Gasteiger partial charge in [-0.15, -0.1) is 0 Å². The molecule has 6 nitrogen and oxygen atoms in total. The summed E-state index contributed by atoms with van der Waals surface area (Å²) in [7, 11) is 4.12. The van der Waals surface area contributed by atoms with Crippen molar-refractivity contribution in [3.8, 4) is 0 Å². The molecule has 0 radical (unpaired) electrons. The van der Waals surface area contributed by atoms with E-state index in [1.165, 1.54) is 6.42 Å². The number of aromatic nitrogens is 4. The molecule has 3 heterocycles. The van der Waals surface area contributed by atoms with Crippen LogP contribution in [0.25, 0.3) is 11.0 Å². The van der Waals surface area contributed by atoms with Gasteiger partial charge in [0, 0.05) is 26.7 Å². The van der Waals surface area contributed by atoms with Crippen LogP contribution in [0, 0.1) is 12.8 Å². The van der Waals surface area contributed by atoms with E-state index < -0.39 is 0 Å². The molecule has 0 bridgehead atoms. The van der Waals surface area contributed by atoms with Gasteiger partial charge in [-0.3, -0.25) is 4.68 Å². The first-order chi connectivity index (χ1) is 10.1. The molecule has 1 aliphatic rings. The van der Waals surface area contributed by atoms with E-state index in [4.69, 9.17) is 0 Å². The van der Waals surface area contributed by atoms with Crippen molar-refractivity contribution < 1.29 is 0 Å². The predicted molar refractivity (Wildman–Crippen MR) is 84.5 cm³/mol. The van der Waals surface area contributed by atoms with E-state index in [1.54, 1.807) is 0 Å². The SMILES string of the molecule is CCN(C)CC1CCN(c2nc(C)nc3c2cnn3C)C1. The number of aryl methyl sites for hydroxylation is 2. The summed E-state index contributed by atoms with van der Waals surface area (Å²) in [5.74, 6) is 2.58. The standard InChI is InChI=1S/C15H24N6/c1-5-19(3)9-12-6-7-21(10-12)15-13-8-16-20(4)14(13)17-11(2)18-15/h8,12H,5-7,9-10H2,1-4H3. The third-order valence-electron chi connectivity index (χ3n) is 4.38. The van der Waals surface area contributed by atoms with E-state index in [2.05, 4.69) is 38.8 Å². The maximum absolute atomic E-state index is 4.68. The topological polar surface area (TPSA) is 50.1 Å². The molecule has 2 aromatic rings. The molecule has 2 aromatic heterocycles. The van der Waals surface area contributed by atoms with E-state index in [0.29, 0.717) is 0 Å². The molecule has 0 N–H and O–H groups in total. The molecule has 3 rings (SSSR count). The first kappa shape index (κ1) is 14.3. The van der Waals surface area contributed by atoms with Gasteiger partial charge in [-0.05, 0) is 32.9 Å². The summed E-state index contributed by atoms with van der Waals surface area (Å²) in [6, 6.07) is 0. The van der Waals surface area contributed by atoms with Crippen molar-refractivity contribution in [2.24, 2.45) is 13.0 Å². The van der Waals surface area contributed by atoms with Gasteiger partial charge in [0.1, 0.15) is 11.6 Å². The lowest BCUT2D eigenvalue weighted by molar-refractivity contribution is 0.300. The van der Waals surface area contributed by atoms with Gasteiger partial charge in [-0.1, -0.05) is 6.92 Å². The maximum Gasteiger partial charge on any atom is 0.163 e. The zero-order valence-corrected chi connectivity index (χ0v) is 13.4. The van der Waals surface area contributed by atoms with E-state index >= 15 is 0 Å². The molecule has 1 atom stereocenters. The highest BCUT2D eigenvalue weighted by atomic mass is 15.3. The molecule has 114 valence electrons. The Bertz CT molecular complexity index is 634. The minimum Gasteiger partial charge on any atom is -0.356 e. The molecule has 0 aromatic carbocycles. The third-order valence-corrected chi connectivity index (χ3v) is 4.38. The molecule has 0 aliphatic carbocycles. The van der Waals surface area contributed by atoms with Gasteiger partial charge < -0.3 is 9.80 Å². The number of rotatable bonds is 4. The van der Waals surface area contributed by atoms with Gasteiger partial charge in [-0.2, -0.15) is 5.10 Å². The first-order valence-electron chi connectivity index (χ1n) is 7.68. The van der Waals surface area contributed by atoms with Gasteiger partial charge in [0.15, 0.2) is 5.65 Å². The van der Waals surface area contributed by atoms with Crippen molar-refractivity contribution >= 4 is 16.9 Å². The Balaban J connectivity index is 1.85. The van der Waals surface area contributed by atoms with Crippen LogP contribution in [0.5, 0.6) is 0 Å². The van der Waals surface area contributed by atoms with E-state index in [9.17, 15) is 0 Å². The highest BCUT2D eigenvalue weighted by Crippen LogP contribution is 2.28. The van der Waals surface area contributed by atoms with Gasteiger partial charge in [0.25, 0.3) is 0 Å². The normalized spacial score (nSPS) is 19.1. The molecule has 1 saturated heterocycles. The molecular weight excluding hydrogens is 264 g/mol. The third kappa shape index (κ3) is 2.72. The van der Waals surface area contributed by atoms with Crippen LogP contribution in [0.2, 0.25) is 0 Å². The van der Waals surface area contributed by atoms with E-state index in [-0.39, 0.29) is 0 Å². The summed E-state index contributed by atoms with van der Waals surface area (Å²) in [6.07, 6.45) is 3.12. The quantitative estimate of drug-likeness (QED) is 0.852. The zero-order valence-electron chi connectivity index (χ0n) is 13.4. The molecule has 0 spiro atoms. The zero-order chi connectivity index (χ0) is 15.0. The lowest BCUT2D eigenvalue weighted by Gasteiger charge is -2.21. The number of nitrogens with zero attached hydrogens (tertiary/aromatic N) is 6. The van der Waals surface area contributed by atoms with E-state index in [0.717, 1.165) is 54.8 Å². The summed E-state index contributed by atoms with van der Waals surface area (Å²) in [6.45, 7) is 8.57. The van der Waals surface area contributed by atoms with Gasteiger partial charge >= 0.3 is 0 Å². The lowest BCUT2D eigenvalue weighted by Crippen LogP contribution is -2.28. The highest BCUT2D eigenvalue weighted by Gasteiger charge is 2.26. The number of fused-ring (bicyclic) bond motifs is 1. The minimum absolute atomic E-state index is 0.719. The van der Waals surface area contributed by atoms with Crippen molar-refractivity contribution in [1.82, 2.24) is 24.6 Å². The van der Waals surface area contributed by atoms with Crippen LogP contribution < -0.4 is 4.90 Å². The molecule has 0 saturated carbocycles. The molecule has 1 fully saturated rings. The Hall–Kier alpha value is -1.69. The molecule has 21 heavy (non-hydrogen) atoms. The summed E-state index contributed by atoms with van der Waals surface area (Å²) in [5.41, 5.74) is 0.923. The average Bonchev–Trinajstić information content (AvgIpc) is 3.06. The molecule has 6 heteroatoms. The van der Waals surface area contributed by atoms with Crippen LogP contribution in [0.4, 0.5) is 5.82 Å². The summed E-state index contributed by atoms with van der Waals surface area (Å²) in [5, 5.41) is 5.39. The predicted octanol–water partition coefficient (Wildman–Crippen LogP) is 1.45. The second-order valence-corrected chi connectivity index (χ2v) is 6.06. The molecular formula is C15H24N6. The van der Waals surface area contributed by atoms with Crippen molar-refractivity contribution in [2.45, 2.75) is 20.3 Å². The minimum atomic E-state index is 0.719. The number of anilines is 1. The van der Waals surface area contributed by atoms with Crippen LogP contribution in [0.1, 0.15) is 19.2 Å². The van der Waals surface area contributed by atoms with Gasteiger partial charge in [-0.25, -0.2) is 9.97 Å². The monoisotopic (exact) mass is 288 g/mol. The lowest BCUT2D eigenvalue weighted by atomic mass is 10.1. The van der Waals surface area contributed by atoms with Crippen molar-refractivity contribution in [3.05, 3.63) is 12.0 Å². The van der Waals surface area contributed by atoms with Crippen LogP contribution in [-0.2, 0) is 7.05 Å². The Morgan fingerprint density at radius 3 is 2.95 bits per heavy atom. The van der Waals surface area contributed by atoms with Crippen molar-refractivity contribution in [1.29, 1.82) is 0 Å². The van der Waals surface area contributed by atoms with Crippen LogP contribution >= 0.6 is 0 Å². The fourth-order valence-corrected chi connectivity index (χ4v) is 3.10. The van der Waals surface area contributed by atoms with Crippen LogP contribution in [-0.4, -0.2) is 57.9 Å². The molecule has 1 aliphatic heterocycles. The second-order valence-electron chi connectivity index (χ2n) is 6.06. The highest BCUT2D eigenvalue weighted by molar-refractivity contribution is 5.87. The first-order valence-corrected chi connectivity index (χ1v) is 7.68. The van der Waals surface area contributed by atoms with Gasteiger partial charge in [0.2, 0.25) is 0 Å². The van der Waals surface area contributed by atoms with E-state index in [1.807, 2.05) is 24.9 Å². The largest absolute Gasteiger partial charge is 0.356 e. The fraction of sp³-hybridized carbons (Fsp3) is 0.667. The molecule has 0 amide bonds. The molecule has 1 unspecified atom stereocenters. The Labute approximate surface area is 125 Å². The second kappa shape index (κ2) is 5.60. The Kier molecular flexibility index (Phi) is 3.80. The Morgan fingerprint density at radius 1 is 1.38 bits per heavy atom. The summed E-state index contributed by atoms with van der Waals surface area (Å²) >= 11 is 0. The average molecular weight is 288 g/mol. The van der Waals surface area contributed by atoms with Crippen molar-refractivity contribution in [3.63, 3.8) is 0 Å².